The second kappa shape index (κ2) is 5.62. The topological polar surface area (TPSA) is 89.2 Å². The summed E-state index contributed by atoms with van der Waals surface area (Å²) < 4.78 is 25.3. The third-order valence-corrected chi connectivity index (χ3v) is 4.20. The van der Waals surface area contributed by atoms with Gasteiger partial charge >= 0.3 is 0 Å². The van der Waals surface area contributed by atoms with Crippen molar-refractivity contribution in [2.24, 2.45) is 0 Å². The molecule has 0 spiro atoms. The summed E-state index contributed by atoms with van der Waals surface area (Å²) in [5.74, 6) is 0.480. The van der Waals surface area contributed by atoms with Crippen molar-refractivity contribution >= 4 is 27.1 Å². The molecule has 0 aliphatic carbocycles. The van der Waals surface area contributed by atoms with E-state index < -0.39 is 9.84 Å². The lowest BCUT2D eigenvalue weighted by Crippen LogP contribution is -2.11. The first-order chi connectivity index (χ1) is 10.9. The number of benzene rings is 1. The number of hydrogen-bond acceptors (Lipinski definition) is 6. The Morgan fingerprint density at radius 2 is 1.83 bits per heavy atom. The van der Waals surface area contributed by atoms with Gasteiger partial charge < -0.3 is 5.32 Å². The van der Waals surface area contributed by atoms with E-state index in [1.54, 1.807) is 6.20 Å². The van der Waals surface area contributed by atoms with Crippen molar-refractivity contribution in [2.75, 3.05) is 11.6 Å². The van der Waals surface area contributed by atoms with Gasteiger partial charge in [-0.1, -0.05) is 32.0 Å². The molecule has 0 aliphatic rings. The SMILES string of the molecule is CC(C)c1cnn2c(Nc3ccccc3)nc(S(C)(=O)=O)nc12. The Hall–Kier alpha value is -2.48. The van der Waals surface area contributed by atoms with Gasteiger partial charge in [-0.3, -0.25) is 0 Å². The summed E-state index contributed by atoms with van der Waals surface area (Å²) in [6.07, 6.45) is 2.79. The highest BCUT2D eigenvalue weighted by Gasteiger charge is 2.19. The van der Waals surface area contributed by atoms with Gasteiger partial charge in [0.25, 0.3) is 5.16 Å². The van der Waals surface area contributed by atoms with Crippen molar-refractivity contribution in [1.29, 1.82) is 0 Å². The van der Waals surface area contributed by atoms with Gasteiger partial charge in [-0.25, -0.2) is 8.42 Å². The highest BCUT2D eigenvalue weighted by molar-refractivity contribution is 7.90. The molecule has 0 saturated heterocycles. The molecule has 0 unspecified atom stereocenters. The van der Waals surface area contributed by atoms with Crippen molar-refractivity contribution in [3.05, 3.63) is 42.1 Å². The molecule has 120 valence electrons. The van der Waals surface area contributed by atoms with Crippen LogP contribution < -0.4 is 5.32 Å². The van der Waals surface area contributed by atoms with Gasteiger partial charge in [0.1, 0.15) is 0 Å². The van der Waals surface area contributed by atoms with E-state index in [9.17, 15) is 8.42 Å². The fraction of sp³-hybridized carbons (Fsp3) is 0.267. The van der Waals surface area contributed by atoms with E-state index in [1.807, 2.05) is 44.2 Å². The predicted molar refractivity (Wildman–Crippen MR) is 87.7 cm³/mol. The lowest BCUT2D eigenvalue weighted by Gasteiger charge is -2.09. The monoisotopic (exact) mass is 331 g/mol. The first kappa shape index (κ1) is 15.4. The highest BCUT2D eigenvalue weighted by atomic mass is 32.2. The third kappa shape index (κ3) is 3.02. The van der Waals surface area contributed by atoms with Gasteiger partial charge in [0, 0.05) is 17.5 Å². The maximum absolute atomic E-state index is 11.9. The quantitative estimate of drug-likeness (QED) is 0.789. The molecule has 0 atom stereocenters. The number of para-hydroxylation sites is 1. The van der Waals surface area contributed by atoms with Crippen LogP contribution in [0, 0.1) is 0 Å². The number of nitrogens with one attached hydrogen (secondary N) is 1. The Morgan fingerprint density at radius 1 is 1.13 bits per heavy atom. The molecular formula is C15H17N5O2S. The molecule has 3 rings (SSSR count). The number of anilines is 2. The van der Waals surface area contributed by atoms with Crippen molar-refractivity contribution in [3.63, 3.8) is 0 Å². The molecule has 0 bridgehead atoms. The van der Waals surface area contributed by atoms with Crippen LogP contribution in [0.2, 0.25) is 0 Å². The fourth-order valence-electron chi connectivity index (χ4n) is 2.18. The molecule has 23 heavy (non-hydrogen) atoms. The molecule has 0 amide bonds. The standard InChI is InChI=1S/C15H17N5O2S/c1-10(2)12-9-16-20-13(12)18-15(23(3,21)22)19-14(20)17-11-7-5-4-6-8-11/h4-10H,1-3H3,(H,17,18,19). The van der Waals surface area contributed by atoms with Crippen LogP contribution in [0.4, 0.5) is 11.6 Å². The molecule has 0 fully saturated rings. The van der Waals surface area contributed by atoms with E-state index in [-0.39, 0.29) is 11.1 Å². The number of hydrogen-bond donors (Lipinski definition) is 1. The maximum Gasteiger partial charge on any atom is 0.252 e. The Bertz CT molecular complexity index is 949. The van der Waals surface area contributed by atoms with Crippen molar-refractivity contribution < 1.29 is 8.42 Å². The minimum absolute atomic E-state index is 0.166. The number of nitrogens with zero attached hydrogens (tertiary/aromatic N) is 4. The lowest BCUT2D eigenvalue weighted by atomic mass is 10.1. The predicted octanol–water partition coefficient (Wildman–Crippen LogP) is 2.39. The van der Waals surface area contributed by atoms with Crippen LogP contribution in [0.25, 0.3) is 5.65 Å². The molecule has 0 aliphatic heterocycles. The van der Waals surface area contributed by atoms with Crippen LogP contribution >= 0.6 is 0 Å². The Balaban J connectivity index is 2.23. The summed E-state index contributed by atoms with van der Waals surface area (Å²) in [5.41, 5.74) is 2.15. The van der Waals surface area contributed by atoms with Crippen LogP contribution in [0.3, 0.4) is 0 Å². The molecular weight excluding hydrogens is 314 g/mol. The zero-order valence-electron chi connectivity index (χ0n) is 13.1. The molecule has 7 nitrogen and oxygen atoms in total. The van der Waals surface area contributed by atoms with Gasteiger partial charge in [0.15, 0.2) is 5.65 Å². The van der Waals surface area contributed by atoms with Gasteiger partial charge in [-0.05, 0) is 18.1 Å². The van der Waals surface area contributed by atoms with E-state index in [0.29, 0.717) is 11.6 Å². The number of rotatable bonds is 4. The average molecular weight is 331 g/mol. The van der Waals surface area contributed by atoms with Gasteiger partial charge in [0.2, 0.25) is 15.8 Å². The van der Waals surface area contributed by atoms with Gasteiger partial charge in [-0.15, -0.1) is 0 Å². The first-order valence-electron chi connectivity index (χ1n) is 7.14. The smallest absolute Gasteiger partial charge is 0.252 e. The third-order valence-electron chi connectivity index (χ3n) is 3.36. The second-order valence-electron chi connectivity index (χ2n) is 5.58. The van der Waals surface area contributed by atoms with Gasteiger partial charge in [0.05, 0.1) is 6.20 Å². The maximum atomic E-state index is 11.9. The van der Waals surface area contributed by atoms with E-state index in [0.717, 1.165) is 17.5 Å². The molecule has 0 radical (unpaired) electrons. The number of sulfone groups is 1. The fourth-order valence-corrected chi connectivity index (χ4v) is 2.68. The summed E-state index contributed by atoms with van der Waals surface area (Å²) >= 11 is 0. The molecule has 2 aromatic heterocycles. The van der Waals surface area contributed by atoms with E-state index in [2.05, 4.69) is 20.4 Å². The molecule has 3 aromatic rings. The van der Waals surface area contributed by atoms with E-state index >= 15 is 0 Å². The summed E-state index contributed by atoms with van der Waals surface area (Å²) in [6.45, 7) is 4.01. The second-order valence-corrected chi connectivity index (χ2v) is 7.49. The summed E-state index contributed by atoms with van der Waals surface area (Å²) in [7, 11) is -3.53. The van der Waals surface area contributed by atoms with Crippen molar-refractivity contribution in [3.8, 4) is 0 Å². The summed E-state index contributed by atoms with van der Waals surface area (Å²) in [6, 6.07) is 9.37. The molecule has 1 N–H and O–H groups in total. The normalized spacial score (nSPS) is 12.0. The van der Waals surface area contributed by atoms with Crippen LogP contribution in [0.5, 0.6) is 0 Å². The summed E-state index contributed by atoms with van der Waals surface area (Å²) in [4.78, 5) is 8.32. The van der Waals surface area contributed by atoms with Crippen LogP contribution in [-0.2, 0) is 9.84 Å². The number of aromatic nitrogens is 4. The zero-order valence-corrected chi connectivity index (χ0v) is 13.9. The van der Waals surface area contributed by atoms with Crippen molar-refractivity contribution in [2.45, 2.75) is 24.9 Å². The zero-order chi connectivity index (χ0) is 16.6. The first-order valence-corrected chi connectivity index (χ1v) is 9.03. The Labute approximate surface area is 134 Å². The minimum atomic E-state index is -3.53. The van der Waals surface area contributed by atoms with Crippen molar-refractivity contribution in [1.82, 2.24) is 19.6 Å². The largest absolute Gasteiger partial charge is 0.324 e. The molecule has 0 saturated carbocycles. The Morgan fingerprint density at radius 3 is 2.43 bits per heavy atom. The molecule has 8 heteroatoms. The Kier molecular flexibility index (Phi) is 3.77. The van der Waals surface area contributed by atoms with Crippen LogP contribution in [0.15, 0.2) is 41.7 Å². The van der Waals surface area contributed by atoms with E-state index in [4.69, 9.17) is 0 Å². The number of fused-ring (bicyclic) bond motifs is 1. The highest BCUT2D eigenvalue weighted by Crippen LogP contribution is 2.23. The van der Waals surface area contributed by atoms with Gasteiger partial charge in [-0.2, -0.15) is 19.6 Å². The van der Waals surface area contributed by atoms with E-state index in [1.165, 1.54) is 4.52 Å². The van der Waals surface area contributed by atoms with Crippen LogP contribution in [-0.4, -0.2) is 34.3 Å². The molecule has 2 heterocycles. The average Bonchev–Trinajstić information content (AvgIpc) is 2.91. The summed E-state index contributed by atoms with van der Waals surface area (Å²) in [5, 5.41) is 7.17. The molecule has 1 aromatic carbocycles. The lowest BCUT2D eigenvalue weighted by molar-refractivity contribution is 0.592. The van der Waals surface area contributed by atoms with Crippen LogP contribution in [0.1, 0.15) is 25.3 Å². The minimum Gasteiger partial charge on any atom is -0.324 e.